The predicted molar refractivity (Wildman–Crippen MR) is 88.0 cm³/mol. The van der Waals surface area contributed by atoms with Crippen molar-refractivity contribution < 1.29 is 27.4 Å². The quantitative estimate of drug-likeness (QED) is 0.483. The third kappa shape index (κ3) is 6.97. The summed E-state index contributed by atoms with van der Waals surface area (Å²) in [5.41, 5.74) is 2.50. The Balaban J connectivity index is 1.69. The van der Waals surface area contributed by atoms with Gasteiger partial charge < -0.3 is 4.74 Å². The van der Waals surface area contributed by atoms with Crippen molar-refractivity contribution in [3.05, 3.63) is 60.2 Å². The Morgan fingerprint density at radius 3 is 2.04 bits per heavy atom. The van der Waals surface area contributed by atoms with Crippen LogP contribution in [-0.2, 0) is 9.47 Å². The summed E-state index contributed by atoms with van der Waals surface area (Å²) in [6.45, 7) is -0.205. The van der Waals surface area contributed by atoms with Crippen LogP contribution in [0.5, 0.6) is 0 Å². The van der Waals surface area contributed by atoms with E-state index in [0.29, 0.717) is 18.4 Å². The van der Waals surface area contributed by atoms with Gasteiger partial charge in [0.1, 0.15) is 0 Å². The first-order valence-corrected chi connectivity index (χ1v) is 7.99. The fraction of sp³-hybridized carbons (Fsp3) is 0.316. The Labute approximate surface area is 144 Å². The third-order valence-electron chi connectivity index (χ3n) is 3.52. The van der Waals surface area contributed by atoms with Crippen molar-refractivity contribution >= 4 is 5.97 Å². The lowest BCUT2D eigenvalue weighted by atomic mass is 10.0. The average molecular weight is 352 g/mol. The molecule has 0 aliphatic carbocycles. The molecule has 25 heavy (non-hydrogen) atoms. The van der Waals surface area contributed by atoms with Gasteiger partial charge in [0.15, 0.2) is 0 Å². The van der Waals surface area contributed by atoms with Gasteiger partial charge in [-0.3, -0.25) is 4.74 Å². The summed E-state index contributed by atoms with van der Waals surface area (Å²) in [6.07, 6.45) is -3.33. The SMILES string of the molecule is O=C(OCCCCCOC(F)(F)F)c1ccc(-c2ccccc2)cc1. The van der Waals surface area contributed by atoms with E-state index in [4.69, 9.17) is 4.74 Å². The summed E-state index contributed by atoms with van der Waals surface area (Å²) < 4.78 is 44.1. The number of hydrogen-bond acceptors (Lipinski definition) is 3. The zero-order valence-corrected chi connectivity index (χ0v) is 13.6. The van der Waals surface area contributed by atoms with Crippen LogP contribution in [0, 0.1) is 0 Å². The van der Waals surface area contributed by atoms with Gasteiger partial charge in [-0.05, 0) is 42.5 Å². The lowest BCUT2D eigenvalue weighted by Gasteiger charge is -2.08. The molecule has 0 amide bonds. The summed E-state index contributed by atoms with van der Waals surface area (Å²) >= 11 is 0. The molecule has 0 heterocycles. The Morgan fingerprint density at radius 2 is 1.40 bits per heavy atom. The average Bonchev–Trinajstić information content (AvgIpc) is 2.60. The van der Waals surface area contributed by atoms with Gasteiger partial charge in [0.05, 0.1) is 18.8 Å². The normalized spacial score (nSPS) is 11.3. The number of carbonyl (C=O) groups is 1. The fourth-order valence-corrected chi connectivity index (χ4v) is 2.25. The molecule has 134 valence electrons. The van der Waals surface area contributed by atoms with E-state index in [1.54, 1.807) is 12.1 Å². The van der Waals surface area contributed by atoms with Gasteiger partial charge in [-0.15, -0.1) is 13.2 Å². The maximum atomic E-state index is 11.9. The highest BCUT2D eigenvalue weighted by molar-refractivity contribution is 5.90. The van der Waals surface area contributed by atoms with Crippen LogP contribution in [0.25, 0.3) is 11.1 Å². The van der Waals surface area contributed by atoms with Gasteiger partial charge in [-0.2, -0.15) is 0 Å². The molecule has 0 aromatic heterocycles. The Bertz CT molecular complexity index is 652. The Morgan fingerprint density at radius 1 is 0.800 bits per heavy atom. The lowest BCUT2D eigenvalue weighted by molar-refractivity contribution is -0.324. The van der Waals surface area contributed by atoms with Crippen molar-refractivity contribution in [1.29, 1.82) is 0 Å². The number of rotatable bonds is 8. The second-order valence-electron chi connectivity index (χ2n) is 5.43. The molecule has 0 aliphatic rings. The molecule has 0 unspecified atom stereocenters. The molecule has 0 N–H and O–H groups in total. The maximum absolute atomic E-state index is 11.9. The number of unbranched alkanes of at least 4 members (excludes halogenated alkanes) is 2. The molecule has 0 spiro atoms. The predicted octanol–water partition coefficient (Wildman–Crippen LogP) is 5.22. The van der Waals surface area contributed by atoms with E-state index in [1.807, 2.05) is 42.5 Å². The number of halogens is 3. The molecule has 3 nitrogen and oxygen atoms in total. The summed E-state index contributed by atoms with van der Waals surface area (Å²) in [4.78, 5) is 11.9. The highest BCUT2D eigenvalue weighted by Gasteiger charge is 2.28. The third-order valence-corrected chi connectivity index (χ3v) is 3.52. The number of alkyl halides is 3. The summed E-state index contributed by atoms with van der Waals surface area (Å²) in [5, 5.41) is 0. The molecule has 2 aromatic rings. The fourth-order valence-electron chi connectivity index (χ4n) is 2.25. The van der Waals surface area contributed by atoms with Gasteiger partial charge in [0.2, 0.25) is 0 Å². The highest BCUT2D eigenvalue weighted by atomic mass is 19.4. The first-order valence-electron chi connectivity index (χ1n) is 7.99. The molecular formula is C19H19F3O3. The number of benzene rings is 2. The molecule has 2 aromatic carbocycles. The smallest absolute Gasteiger partial charge is 0.462 e. The monoisotopic (exact) mass is 352 g/mol. The molecule has 0 aliphatic heterocycles. The van der Waals surface area contributed by atoms with E-state index < -0.39 is 12.3 Å². The first kappa shape index (κ1) is 19.0. The Hall–Kier alpha value is -2.34. The van der Waals surface area contributed by atoms with E-state index in [0.717, 1.165) is 11.1 Å². The van der Waals surface area contributed by atoms with E-state index in [9.17, 15) is 18.0 Å². The van der Waals surface area contributed by atoms with E-state index in [2.05, 4.69) is 4.74 Å². The molecule has 0 fully saturated rings. The number of ether oxygens (including phenoxy) is 2. The molecule has 0 bridgehead atoms. The summed E-state index contributed by atoms with van der Waals surface area (Å²) in [7, 11) is 0. The van der Waals surface area contributed by atoms with Crippen molar-refractivity contribution in [2.24, 2.45) is 0 Å². The molecule has 6 heteroatoms. The standard InChI is InChI=1S/C19H19F3O3/c20-19(21,22)25-14-6-2-5-13-24-18(23)17-11-9-16(10-12-17)15-7-3-1-4-8-15/h1,3-4,7-12H,2,5-6,13-14H2. The maximum Gasteiger partial charge on any atom is 0.522 e. The zero-order valence-electron chi connectivity index (χ0n) is 13.6. The van der Waals surface area contributed by atoms with Crippen LogP contribution in [0.1, 0.15) is 29.6 Å². The molecule has 0 saturated carbocycles. The van der Waals surface area contributed by atoms with Crippen LogP contribution in [-0.4, -0.2) is 25.5 Å². The van der Waals surface area contributed by atoms with Crippen molar-refractivity contribution in [1.82, 2.24) is 0 Å². The summed E-state index contributed by atoms with van der Waals surface area (Å²) in [5.74, 6) is -0.439. The molecule has 2 rings (SSSR count). The number of hydrogen-bond donors (Lipinski definition) is 0. The van der Waals surface area contributed by atoms with Crippen LogP contribution < -0.4 is 0 Å². The zero-order chi connectivity index (χ0) is 18.1. The van der Waals surface area contributed by atoms with Crippen molar-refractivity contribution in [2.75, 3.05) is 13.2 Å². The van der Waals surface area contributed by atoms with Crippen LogP contribution in [0.4, 0.5) is 13.2 Å². The van der Waals surface area contributed by atoms with Crippen LogP contribution in [0.2, 0.25) is 0 Å². The minimum Gasteiger partial charge on any atom is -0.462 e. The molecule has 0 saturated heterocycles. The molecule has 0 radical (unpaired) electrons. The summed E-state index contributed by atoms with van der Waals surface area (Å²) in [6, 6.07) is 16.9. The van der Waals surface area contributed by atoms with Crippen molar-refractivity contribution in [2.45, 2.75) is 25.6 Å². The molecule has 0 atom stereocenters. The first-order chi connectivity index (χ1) is 12.0. The molecular weight excluding hydrogens is 333 g/mol. The van der Waals surface area contributed by atoms with E-state index >= 15 is 0 Å². The second-order valence-corrected chi connectivity index (χ2v) is 5.43. The minimum absolute atomic E-state index is 0.172. The minimum atomic E-state index is -4.58. The van der Waals surface area contributed by atoms with Gasteiger partial charge in [0, 0.05) is 0 Å². The van der Waals surface area contributed by atoms with Crippen molar-refractivity contribution in [3.8, 4) is 11.1 Å². The largest absolute Gasteiger partial charge is 0.522 e. The van der Waals surface area contributed by atoms with Gasteiger partial charge in [0.25, 0.3) is 0 Å². The number of esters is 1. The van der Waals surface area contributed by atoms with Crippen LogP contribution >= 0.6 is 0 Å². The van der Waals surface area contributed by atoms with Gasteiger partial charge in [-0.25, -0.2) is 4.79 Å². The Kier molecular flexibility index (Phi) is 7.01. The van der Waals surface area contributed by atoms with Crippen LogP contribution in [0.3, 0.4) is 0 Å². The highest BCUT2D eigenvalue weighted by Crippen LogP contribution is 2.19. The van der Waals surface area contributed by atoms with Crippen LogP contribution in [0.15, 0.2) is 54.6 Å². The van der Waals surface area contributed by atoms with Gasteiger partial charge >= 0.3 is 12.3 Å². The van der Waals surface area contributed by atoms with Gasteiger partial charge in [-0.1, -0.05) is 42.5 Å². The van der Waals surface area contributed by atoms with E-state index in [-0.39, 0.29) is 19.6 Å². The number of carbonyl (C=O) groups excluding carboxylic acids is 1. The second kappa shape index (κ2) is 9.22. The lowest BCUT2D eigenvalue weighted by Crippen LogP contribution is -2.14. The topological polar surface area (TPSA) is 35.5 Å². The van der Waals surface area contributed by atoms with E-state index in [1.165, 1.54) is 0 Å². The van der Waals surface area contributed by atoms with Crippen molar-refractivity contribution in [3.63, 3.8) is 0 Å².